The first-order chi connectivity index (χ1) is 7.70. The quantitative estimate of drug-likeness (QED) is 0.889. The van der Waals surface area contributed by atoms with Gasteiger partial charge in [0.1, 0.15) is 5.76 Å². The minimum Gasteiger partial charge on any atom is -0.429 e. The molecule has 0 unspecified atom stereocenters. The van der Waals surface area contributed by atoms with Crippen LogP contribution in [0.5, 0.6) is 0 Å². The van der Waals surface area contributed by atoms with Gasteiger partial charge >= 0.3 is 0 Å². The monoisotopic (exact) mass is 236 g/mol. The zero-order chi connectivity index (χ0) is 11.5. The third-order valence-corrected chi connectivity index (χ3v) is 2.79. The second kappa shape index (κ2) is 4.58. The number of rotatable bonds is 3. The lowest BCUT2D eigenvalue weighted by Crippen LogP contribution is -1.93. The molecule has 0 saturated heterocycles. The Labute approximate surface area is 99.5 Å². The zero-order valence-corrected chi connectivity index (χ0v) is 10.0. The predicted octanol–water partition coefficient (Wildman–Crippen LogP) is 3.27. The first kappa shape index (κ1) is 11.0. The number of nitrogens with zero attached hydrogens (tertiary/aromatic N) is 1. The SMILES string of the molecule is CNc1nc(Cc2ccccc2Cl)c(C)o1. The Hall–Kier alpha value is -1.48. The van der Waals surface area contributed by atoms with Crippen LogP contribution in [0.15, 0.2) is 28.7 Å². The lowest BCUT2D eigenvalue weighted by atomic mass is 10.1. The molecule has 1 N–H and O–H groups in total. The molecule has 0 amide bonds. The molecule has 0 radical (unpaired) electrons. The number of hydrogen-bond donors (Lipinski definition) is 1. The van der Waals surface area contributed by atoms with Gasteiger partial charge in [-0.1, -0.05) is 29.8 Å². The number of oxazole rings is 1. The molecule has 1 aromatic carbocycles. The van der Waals surface area contributed by atoms with E-state index in [1.165, 1.54) is 0 Å². The van der Waals surface area contributed by atoms with Gasteiger partial charge in [0.25, 0.3) is 6.01 Å². The molecule has 84 valence electrons. The van der Waals surface area contributed by atoms with Gasteiger partial charge in [-0.15, -0.1) is 0 Å². The van der Waals surface area contributed by atoms with Crippen molar-refractivity contribution in [3.05, 3.63) is 46.3 Å². The molecule has 0 saturated carbocycles. The molecule has 1 heterocycles. The fourth-order valence-corrected chi connectivity index (χ4v) is 1.72. The van der Waals surface area contributed by atoms with Crippen LogP contribution in [0.3, 0.4) is 0 Å². The molecule has 0 aliphatic heterocycles. The van der Waals surface area contributed by atoms with Crippen LogP contribution in [0, 0.1) is 6.92 Å². The fourth-order valence-electron chi connectivity index (χ4n) is 1.52. The first-order valence-corrected chi connectivity index (χ1v) is 5.46. The van der Waals surface area contributed by atoms with Crippen LogP contribution >= 0.6 is 11.6 Å². The standard InChI is InChI=1S/C12H13ClN2O/c1-8-11(15-12(14-2)16-8)7-9-5-3-4-6-10(9)13/h3-6H,7H2,1-2H3,(H,14,15). The van der Waals surface area contributed by atoms with Crippen molar-refractivity contribution in [3.63, 3.8) is 0 Å². The van der Waals surface area contributed by atoms with Gasteiger partial charge in [0.05, 0.1) is 5.69 Å². The molecule has 0 aliphatic carbocycles. The maximum Gasteiger partial charge on any atom is 0.294 e. The highest BCUT2D eigenvalue weighted by molar-refractivity contribution is 6.31. The van der Waals surface area contributed by atoms with Gasteiger partial charge in [-0.25, -0.2) is 0 Å². The highest BCUT2D eigenvalue weighted by atomic mass is 35.5. The minimum absolute atomic E-state index is 0.541. The molecule has 0 aliphatic rings. The van der Waals surface area contributed by atoms with Crippen LogP contribution in [0.1, 0.15) is 17.0 Å². The molecule has 0 fully saturated rings. The highest BCUT2D eigenvalue weighted by Crippen LogP contribution is 2.21. The van der Waals surface area contributed by atoms with Gasteiger partial charge < -0.3 is 9.73 Å². The third-order valence-electron chi connectivity index (χ3n) is 2.42. The number of aryl methyl sites for hydroxylation is 1. The van der Waals surface area contributed by atoms with E-state index in [0.29, 0.717) is 12.4 Å². The third kappa shape index (κ3) is 2.19. The molecule has 2 rings (SSSR count). The number of anilines is 1. The normalized spacial score (nSPS) is 10.4. The summed E-state index contributed by atoms with van der Waals surface area (Å²) in [5.74, 6) is 0.823. The lowest BCUT2D eigenvalue weighted by molar-refractivity contribution is 0.541. The molecule has 0 atom stereocenters. The smallest absolute Gasteiger partial charge is 0.294 e. The Morgan fingerprint density at radius 2 is 2.12 bits per heavy atom. The number of aromatic nitrogens is 1. The highest BCUT2D eigenvalue weighted by Gasteiger charge is 2.10. The Balaban J connectivity index is 2.27. The van der Waals surface area contributed by atoms with Gasteiger partial charge in [-0.3, -0.25) is 0 Å². The molecule has 2 aromatic rings. The number of halogens is 1. The molecule has 4 heteroatoms. The van der Waals surface area contributed by atoms with Gasteiger partial charge in [0.15, 0.2) is 0 Å². The van der Waals surface area contributed by atoms with E-state index in [4.69, 9.17) is 16.0 Å². The zero-order valence-electron chi connectivity index (χ0n) is 9.25. The summed E-state index contributed by atoms with van der Waals surface area (Å²) < 4.78 is 5.41. The summed E-state index contributed by atoms with van der Waals surface area (Å²) in [4.78, 5) is 4.33. The Bertz CT molecular complexity index is 494. The van der Waals surface area contributed by atoms with Crippen molar-refractivity contribution in [3.8, 4) is 0 Å². The Morgan fingerprint density at radius 3 is 2.75 bits per heavy atom. The van der Waals surface area contributed by atoms with Crippen molar-refractivity contribution < 1.29 is 4.42 Å². The number of benzene rings is 1. The summed E-state index contributed by atoms with van der Waals surface area (Å²) in [6.45, 7) is 1.90. The largest absolute Gasteiger partial charge is 0.429 e. The van der Waals surface area contributed by atoms with Crippen molar-refractivity contribution in [2.45, 2.75) is 13.3 Å². The van der Waals surface area contributed by atoms with E-state index in [1.807, 2.05) is 31.2 Å². The molecule has 16 heavy (non-hydrogen) atoms. The van der Waals surface area contributed by atoms with Crippen molar-refractivity contribution in [2.75, 3.05) is 12.4 Å². The average Bonchev–Trinajstić information content (AvgIpc) is 2.63. The molecular weight excluding hydrogens is 224 g/mol. The predicted molar refractivity (Wildman–Crippen MR) is 65.0 cm³/mol. The van der Waals surface area contributed by atoms with E-state index in [9.17, 15) is 0 Å². The van der Waals surface area contributed by atoms with Crippen molar-refractivity contribution in [1.29, 1.82) is 0 Å². The van der Waals surface area contributed by atoms with Gasteiger partial charge in [-0.05, 0) is 18.6 Å². The summed E-state index contributed by atoms with van der Waals surface area (Å²) in [6, 6.07) is 8.30. The summed E-state index contributed by atoms with van der Waals surface area (Å²) in [7, 11) is 1.78. The van der Waals surface area contributed by atoms with Crippen LogP contribution in [0.4, 0.5) is 6.01 Å². The topological polar surface area (TPSA) is 38.1 Å². The molecule has 0 bridgehead atoms. The molecule has 3 nitrogen and oxygen atoms in total. The second-order valence-corrected chi connectivity index (χ2v) is 3.95. The van der Waals surface area contributed by atoms with E-state index in [1.54, 1.807) is 7.05 Å². The minimum atomic E-state index is 0.541. The van der Waals surface area contributed by atoms with E-state index in [0.717, 1.165) is 22.0 Å². The van der Waals surface area contributed by atoms with Gasteiger partial charge in [0.2, 0.25) is 0 Å². The maximum absolute atomic E-state index is 6.09. The van der Waals surface area contributed by atoms with Crippen LogP contribution in [0.25, 0.3) is 0 Å². The number of nitrogens with one attached hydrogen (secondary N) is 1. The van der Waals surface area contributed by atoms with Gasteiger partial charge in [-0.2, -0.15) is 4.98 Å². The maximum atomic E-state index is 6.09. The van der Waals surface area contributed by atoms with E-state index in [2.05, 4.69) is 10.3 Å². The Kier molecular flexibility index (Phi) is 3.15. The van der Waals surface area contributed by atoms with E-state index >= 15 is 0 Å². The van der Waals surface area contributed by atoms with Crippen LogP contribution in [-0.2, 0) is 6.42 Å². The summed E-state index contributed by atoms with van der Waals surface area (Å²) >= 11 is 6.09. The van der Waals surface area contributed by atoms with Crippen molar-refractivity contribution in [1.82, 2.24) is 4.98 Å². The van der Waals surface area contributed by atoms with Crippen LogP contribution < -0.4 is 5.32 Å². The van der Waals surface area contributed by atoms with Crippen molar-refractivity contribution >= 4 is 17.6 Å². The summed E-state index contributed by atoms with van der Waals surface area (Å²) in [5, 5.41) is 3.64. The molecular formula is C12H13ClN2O. The van der Waals surface area contributed by atoms with Crippen molar-refractivity contribution in [2.24, 2.45) is 0 Å². The van der Waals surface area contributed by atoms with Crippen LogP contribution in [0.2, 0.25) is 5.02 Å². The lowest BCUT2D eigenvalue weighted by Gasteiger charge is -2.01. The van der Waals surface area contributed by atoms with Crippen LogP contribution in [-0.4, -0.2) is 12.0 Å². The number of hydrogen-bond acceptors (Lipinski definition) is 3. The summed E-state index contributed by atoms with van der Waals surface area (Å²) in [6.07, 6.45) is 0.691. The van der Waals surface area contributed by atoms with E-state index < -0.39 is 0 Å². The summed E-state index contributed by atoms with van der Waals surface area (Å²) in [5.41, 5.74) is 1.97. The average molecular weight is 237 g/mol. The van der Waals surface area contributed by atoms with E-state index in [-0.39, 0.29) is 0 Å². The fraction of sp³-hybridized carbons (Fsp3) is 0.250. The first-order valence-electron chi connectivity index (χ1n) is 5.08. The van der Waals surface area contributed by atoms with Gasteiger partial charge in [0, 0.05) is 18.5 Å². The Morgan fingerprint density at radius 1 is 1.38 bits per heavy atom. The molecule has 0 spiro atoms. The second-order valence-electron chi connectivity index (χ2n) is 3.54. The molecule has 1 aromatic heterocycles.